The molecule has 0 aliphatic heterocycles. The zero-order valence-electron chi connectivity index (χ0n) is 37.9. The van der Waals surface area contributed by atoms with Crippen LogP contribution in [0.4, 0.5) is 17.1 Å². The van der Waals surface area contributed by atoms with Gasteiger partial charge in [0.2, 0.25) is 0 Å². The summed E-state index contributed by atoms with van der Waals surface area (Å²) in [6, 6.07) is 87.8. The summed E-state index contributed by atoms with van der Waals surface area (Å²) < 4.78 is 9.40. The normalized spacial score (nSPS) is 12.0. The lowest BCUT2D eigenvalue weighted by molar-refractivity contribution is 0.669. The van der Waals surface area contributed by atoms with E-state index in [4.69, 9.17) is 4.42 Å². The van der Waals surface area contributed by atoms with Crippen LogP contribution in [0.5, 0.6) is 0 Å². The fourth-order valence-electron chi connectivity index (χ4n) is 11.8. The number of hydrogen-bond donors (Lipinski definition) is 1. The average molecular weight is 892 g/mol. The molecule has 326 valence electrons. The van der Waals surface area contributed by atoms with Gasteiger partial charge in [0.1, 0.15) is 5.58 Å². The van der Waals surface area contributed by atoms with Gasteiger partial charge >= 0.3 is 0 Å². The second-order valence-corrected chi connectivity index (χ2v) is 18.4. The number of nitrogens with one attached hydrogen (secondary N) is 1. The highest BCUT2D eigenvalue weighted by Gasteiger charge is 2.29. The smallest absolute Gasteiger partial charge is 0.159 e. The van der Waals surface area contributed by atoms with Crippen molar-refractivity contribution in [2.24, 2.45) is 0 Å². The van der Waals surface area contributed by atoms with E-state index in [1.54, 1.807) is 0 Å². The van der Waals surface area contributed by atoms with E-state index in [0.717, 1.165) is 66.7 Å². The fraction of sp³-hybridized carbons (Fsp3) is 0. The lowest BCUT2D eigenvalue weighted by Crippen LogP contribution is -2.11. The van der Waals surface area contributed by atoms with Crippen LogP contribution < -0.4 is 4.90 Å². The molecule has 0 amide bonds. The van der Waals surface area contributed by atoms with Crippen molar-refractivity contribution in [3.8, 4) is 44.5 Å². The topological polar surface area (TPSA) is 36.6 Å². The molecule has 4 aromatic heterocycles. The highest BCUT2D eigenvalue weighted by molar-refractivity contribution is 6.36. The molecule has 70 heavy (non-hydrogen) atoms. The van der Waals surface area contributed by atoms with Gasteiger partial charge < -0.3 is 18.7 Å². The molecule has 15 aromatic rings. The summed E-state index contributed by atoms with van der Waals surface area (Å²) in [6.07, 6.45) is 0. The molecule has 4 heteroatoms. The maximum Gasteiger partial charge on any atom is 0.159 e. The Kier molecular flexibility index (Phi) is 8.33. The van der Waals surface area contributed by atoms with Crippen molar-refractivity contribution >= 4 is 98.9 Å². The Hall–Kier alpha value is -9.38. The summed E-state index contributed by atoms with van der Waals surface area (Å²) in [4.78, 5) is 6.51. The lowest BCUT2D eigenvalue weighted by Gasteiger charge is -2.28. The van der Waals surface area contributed by atoms with Crippen LogP contribution in [0, 0.1) is 0 Å². The number of para-hydroxylation sites is 5. The van der Waals surface area contributed by atoms with Crippen molar-refractivity contribution in [3.05, 3.63) is 243 Å². The minimum absolute atomic E-state index is 0.852. The molecule has 4 heterocycles. The van der Waals surface area contributed by atoms with Gasteiger partial charge in [-0.25, -0.2) is 0 Å². The Balaban J connectivity index is 1.08. The second kappa shape index (κ2) is 15.1. The quantitative estimate of drug-likeness (QED) is 0.173. The Labute approximate surface area is 402 Å². The molecular weight excluding hydrogens is 851 g/mol. The third-order valence-electron chi connectivity index (χ3n) is 14.6. The molecule has 4 nitrogen and oxygen atoms in total. The van der Waals surface area contributed by atoms with Gasteiger partial charge in [-0.1, -0.05) is 206 Å². The molecule has 0 saturated heterocycles. The number of furan rings is 1. The van der Waals surface area contributed by atoms with E-state index < -0.39 is 0 Å². The Morgan fingerprint density at radius 2 is 0.914 bits per heavy atom. The second-order valence-electron chi connectivity index (χ2n) is 18.4. The Morgan fingerprint density at radius 3 is 1.69 bits per heavy atom. The zero-order valence-corrected chi connectivity index (χ0v) is 37.9. The first-order chi connectivity index (χ1) is 34.8. The monoisotopic (exact) mass is 891 g/mol. The van der Waals surface area contributed by atoms with Crippen LogP contribution in [0.25, 0.3) is 126 Å². The van der Waals surface area contributed by atoms with Crippen LogP contribution in [0.15, 0.2) is 247 Å². The molecule has 0 aliphatic rings. The number of rotatable bonds is 7. The van der Waals surface area contributed by atoms with E-state index in [0.29, 0.717) is 0 Å². The van der Waals surface area contributed by atoms with E-state index >= 15 is 0 Å². The number of hydrogen-bond acceptors (Lipinski definition) is 2. The van der Waals surface area contributed by atoms with Crippen LogP contribution >= 0.6 is 0 Å². The molecular formula is C66H41N3O. The van der Waals surface area contributed by atoms with Gasteiger partial charge in [-0.15, -0.1) is 0 Å². The fourth-order valence-corrected chi connectivity index (χ4v) is 11.8. The average Bonchev–Trinajstić information content (AvgIpc) is 4.19. The minimum atomic E-state index is 0.852. The van der Waals surface area contributed by atoms with Gasteiger partial charge in [-0.3, -0.25) is 0 Å². The van der Waals surface area contributed by atoms with Gasteiger partial charge in [0, 0.05) is 71.0 Å². The number of fused-ring (bicyclic) bond motifs is 12. The number of aromatic amines is 1. The summed E-state index contributed by atoms with van der Waals surface area (Å²) in [6.45, 7) is 0. The Morgan fingerprint density at radius 1 is 0.357 bits per heavy atom. The number of anilines is 3. The number of nitrogens with zero attached hydrogens (tertiary/aromatic N) is 2. The maximum atomic E-state index is 6.82. The predicted octanol–water partition coefficient (Wildman–Crippen LogP) is 18.5. The summed E-state index contributed by atoms with van der Waals surface area (Å²) in [5.74, 6) is 0. The standard InChI is InChI=1S/C66H41N3O/c1-5-20-41(21-6-1)46-28-13-15-35-54(46)68(56-36-19-32-50-48-29-14-16-37-57(48)70-66(50)56)45-38-39-55-53(40-45)49-31-18-34-52-61-58(43-24-9-3-10-25-43)63-60(59(44-26-11-4-12-27-44)65(61)69(55)64(49)52)51-33-17-30-47(62(51)67-63)42-22-7-2-8-23-42/h1-40,67H. The summed E-state index contributed by atoms with van der Waals surface area (Å²) in [5, 5.41) is 9.48. The predicted molar refractivity (Wildman–Crippen MR) is 294 cm³/mol. The van der Waals surface area contributed by atoms with Gasteiger partial charge in [0.05, 0.1) is 39.0 Å². The third kappa shape index (κ3) is 5.53. The summed E-state index contributed by atoms with van der Waals surface area (Å²) in [5.41, 5.74) is 20.1. The van der Waals surface area contributed by atoms with E-state index in [2.05, 4.69) is 251 Å². The van der Waals surface area contributed by atoms with Gasteiger partial charge in [0.15, 0.2) is 5.58 Å². The van der Waals surface area contributed by atoms with Crippen LogP contribution in [-0.2, 0) is 0 Å². The summed E-state index contributed by atoms with van der Waals surface area (Å²) >= 11 is 0. The van der Waals surface area contributed by atoms with E-state index in [1.165, 1.54) is 76.7 Å². The molecule has 0 bridgehead atoms. The zero-order chi connectivity index (χ0) is 45.9. The first kappa shape index (κ1) is 38.7. The van der Waals surface area contributed by atoms with Crippen LogP contribution in [0.3, 0.4) is 0 Å². The minimum Gasteiger partial charge on any atom is -0.454 e. The van der Waals surface area contributed by atoms with Crippen LogP contribution in [0.1, 0.15) is 0 Å². The highest BCUT2D eigenvalue weighted by atomic mass is 16.3. The molecule has 0 spiro atoms. The van der Waals surface area contributed by atoms with Crippen molar-refractivity contribution in [1.29, 1.82) is 0 Å². The maximum absolute atomic E-state index is 6.82. The molecule has 0 atom stereocenters. The van der Waals surface area contributed by atoms with E-state index in [9.17, 15) is 0 Å². The van der Waals surface area contributed by atoms with Crippen molar-refractivity contribution in [2.45, 2.75) is 0 Å². The molecule has 0 saturated carbocycles. The third-order valence-corrected chi connectivity index (χ3v) is 14.6. The molecule has 0 aliphatic carbocycles. The first-order valence-electron chi connectivity index (χ1n) is 24.0. The molecule has 0 fully saturated rings. The van der Waals surface area contributed by atoms with Crippen molar-refractivity contribution in [3.63, 3.8) is 0 Å². The largest absolute Gasteiger partial charge is 0.454 e. The van der Waals surface area contributed by atoms with Gasteiger partial charge in [-0.2, -0.15) is 0 Å². The lowest BCUT2D eigenvalue weighted by atomic mass is 9.89. The first-order valence-corrected chi connectivity index (χ1v) is 24.0. The van der Waals surface area contributed by atoms with Crippen LogP contribution in [0.2, 0.25) is 0 Å². The summed E-state index contributed by atoms with van der Waals surface area (Å²) in [7, 11) is 0. The SMILES string of the molecule is c1ccc(-c2ccccc2N(c2ccc3c(c2)c2cccc4c5c(-c6ccccc6)c6[nH]c7c(-c8ccccc8)cccc7c6c(-c6ccccc6)c5n3c24)c2cccc3c2oc2ccccc23)cc1. The van der Waals surface area contributed by atoms with Crippen LogP contribution in [-0.4, -0.2) is 9.38 Å². The van der Waals surface area contributed by atoms with Crippen molar-refractivity contribution in [2.75, 3.05) is 4.90 Å². The number of benzene rings is 11. The van der Waals surface area contributed by atoms with Crippen molar-refractivity contribution in [1.82, 2.24) is 9.38 Å². The molecule has 11 aromatic carbocycles. The molecule has 15 rings (SSSR count). The van der Waals surface area contributed by atoms with E-state index in [1.807, 2.05) is 6.07 Å². The highest BCUT2D eigenvalue weighted by Crippen LogP contribution is 2.53. The molecule has 0 radical (unpaired) electrons. The molecule has 1 N–H and O–H groups in total. The number of aromatic nitrogens is 2. The van der Waals surface area contributed by atoms with Gasteiger partial charge in [-0.05, 0) is 58.7 Å². The van der Waals surface area contributed by atoms with Gasteiger partial charge in [0.25, 0.3) is 0 Å². The molecule has 0 unspecified atom stereocenters. The Bertz CT molecular complexity index is 4510. The number of H-pyrrole nitrogens is 1. The van der Waals surface area contributed by atoms with Crippen molar-refractivity contribution < 1.29 is 4.42 Å². The van der Waals surface area contributed by atoms with E-state index in [-0.39, 0.29) is 0 Å².